The van der Waals surface area contributed by atoms with Gasteiger partial charge >= 0.3 is 5.97 Å². The lowest BCUT2D eigenvalue weighted by Crippen LogP contribution is -2.08. The van der Waals surface area contributed by atoms with E-state index in [4.69, 9.17) is 26.6 Å². The van der Waals surface area contributed by atoms with Crippen molar-refractivity contribution in [2.45, 2.75) is 6.61 Å². The lowest BCUT2D eigenvalue weighted by Gasteiger charge is -2.05. The van der Waals surface area contributed by atoms with E-state index in [1.807, 2.05) is 17.5 Å². The molecule has 0 bridgehead atoms. The maximum Gasteiger partial charge on any atom is 0.340 e. The number of nitrogen functional groups attached to an aromatic ring is 1. The highest BCUT2D eigenvalue weighted by Crippen LogP contribution is 2.22. The summed E-state index contributed by atoms with van der Waals surface area (Å²) in [6.07, 6.45) is 0. The van der Waals surface area contributed by atoms with Crippen LogP contribution < -0.4 is 5.73 Å². The van der Waals surface area contributed by atoms with Gasteiger partial charge in [0.1, 0.15) is 0 Å². The number of benzene rings is 1. The number of rotatable bonds is 4. The number of carbonyl (C=O) groups excluding carboxylic acids is 1. The van der Waals surface area contributed by atoms with E-state index in [-0.39, 0.29) is 23.7 Å². The van der Waals surface area contributed by atoms with Gasteiger partial charge < -0.3 is 15.0 Å². The molecule has 3 aromatic rings. The Morgan fingerprint density at radius 2 is 2.27 bits per heavy atom. The summed E-state index contributed by atoms with van der Waals surface area (Å²) in [5, 5.41) is 6.19. The van der Waals surface area contributed by atoms with Gasteiger partial charge in [0.05, 0.1) is 10.4 Å². The Labute approximate surface area is 134 Å². The van der Waals surface area contributed by atoms with Gasteiger partial charge in [-0.25, -0.2) is 4.79 Å². The van der Waals surface area contributed by atoms with E-state index in [0.29, 0.717) is 10.8 Å². The van der Waals surface area contributed by atoms with Crippen LogP contribution in [-0.4, -0.2) is 16.1 Å². The number of hydrogen-bond acceptors (Lipinski definition) is 7. The molecule has 2 aromatic heterocycles. The summed E-state index contributed by atoms with van der Waals surface area (Å²) in [6.45, 7) is -0.126. The minimum atomic E-state index is -0.579. The molecule has 0 radical (unpaired) electrons. The van der Waals surface area contributed by atoms with Gasteiger partial charge in [-0.3, -0.25) is 0 Å². The zero-order valence-corrected chi connectivity index (χ0v) is 12.7. The number of carbonyl (C=O) groups is 1. The van der Waals surface area contributed by atoms with Crippen LogP contribution in [0.3, 0.4) is 0 Å². The molecule has 0 aliphatic rings. The molecule has 0 saturated heterocycles. The number of anilines is 1. The molecule has 8 heteroatoms. The first-order valence-corrected chi connectivity index (χ1v) is 7.48. The Bertz CT molecular complexity index is 802. The van der Waals surface area contributed by atoms with E-state index in [2.05, 4.69) is 10.1 Å². The molecule has 22 heavy (non-hydrogen) atoms. The molecule has 6 nitrogen and oxygen atoms in total. The van der Waals surface area contributed by atoms with Gasteiger partial charge in [0.2, 0.25) is 5.82 Å². The normalized spacial score (nSPS) is 10.6. The molecule has 0 spiro atoms. The molecular formula is C14H10ClN3O3S. The molecule has 112 valence electrons. The lowest BCUT2D eigenvalue weighted by atomic mass is 10.2. The highest BCUT2D eigenvalue weighted by Gasteiger charge is 2.15. The molecule has 0 aliphatic carbocycles. The average Bonchev–Trinajstić information content (AvgIpc) is 3.16. The molecule has 1 aromatic carbocycles. The minimum Gasteiger partial charge on any atom is -0.452 e. The van der Waals surface area contributed by atoms with E-state index in [9.17, 15) is 4.79 Å². The van der Waals surface area contributed by atoms with Crippen molar-refractivity contribution in [3.63, 3.8) is 0 Å². The molecule has 3 rings (SSSR count). The van der Waals surface area contributed by atoms with Crippen LogP contribution in [0.25, 0.3) is 10.7 Å². The average molecular weight is 336 g/mol. The number of esters is 1. The smallest absolute Gasteiger partial charge is 0.340 e. The summed E-state index contributed by atoms with van der Waals surface area (Å²) in [5.74, 6) is 0.0985. The van der Waals surface area contributed by atoms with Gasteiger partial charge in [0, 0.05) is 10.7 Å². The number of nitrogens with zero attached hydrogens (tertiary/aromatic N) is 2. The van der Waals surface area contributed by atoms with Crippen molar-refractivity contribution < 1.29 is 14.1 Å². The Kier molecular flexibility index (Phi) is 4.08. The van der Waals surface area contributed by atoms with Crippen molar-refractivity contribution in [2.24, 2.45) is 0 Å². The van der Waals surface area contributed by atoms with Gasteiger partial charge in [-0.1, -0.05) is 22.8 Å². The zero-order chi connectivity index (χ0) is 15.5. The summed E-state index contributed by atoms with van der Waals surface area (Å²) in [6, 6.07) is 8.32. The maximum atomic E-state index is 12.0. The molecule has 0 unspecified atom stereocenters. The Morgan fingerprint density at radius 3 is 3.00 bits per heavy atom. The van der Waals surface area contributed by atoms with E-state index in [1.54, 1.807) is 6.07 Å². The number of ether oxygens (including phenoxy) is 1. The zero-order valence-electron chi connectivity index (χ0n) is 11.2. The standard InChI is InChI=1S/C14H10ClN3O3S/c15-8-3-4-9(10(16)6-8)14(19)20-7-12-17-13(18-21-12)11-2-1-5-22-11/h1-6H,7,16H2. The Hall–Kier alpha value is -2.38. The summed E-state index contributed by atoms with van der Waals surface area (Å²) >= 11 is 7.27. The Balaban J connectivity index is 1.66. The third kappa shape index (κ3) is 3.10. The predicted octanol–water partition coefficient (Wildman–Crippen LogP) is 3.39. The van der Waals surface area contributed by atoms with Gasteiger partial charge in [-0.15, -0.1) is 11.3 Å². The Morgan fingerprint density at radius 1 is 1.41 bits per heavy atom. The van der Waals surface area contributed by atoms with Crippen LogP contribution in [0.15, 0.2) is 40.2 Å². The van der Waals surface area contributed by atoms with Crippen LogP contribution >= 0.6 is 22.9 Å². The SMILES string of the molecule is Nc1cc(Cl)ccc1C(=O)OCc1nc(-c2cccs2)no1. The molecule has 0 aliphatic heterocycles. The number of thiophene rings is 1. The molecule has 2 N–H and O–H groups in total. The van der Waals surface area contributed by atoms with Crippen LogP contribution in [0.1, 0.15) is 16.2 Å². The molecule has 0 fully saturated rings. The van der Waals surface area contributed by atoms with Gasteiger partial charge in [-0.2, -0.15) is 4.98 Å². The second-order valence-corrected chi connectivity index (χ2v) is 5.68. The maximum absolute atomic E-state index is 12.0. The quantitative estimate of drug-likeness (QED) is 0.580. The number of hydrogen-bond donors (Lipinski definition) is 1. The van der Waals surface area contributed by atoms with Crippen molar-refractivity contribution in [1.29, 1.82) is 0 Å². The van der Waals surface area contributed by atoms with Crippen LogP contribution in [0, 0.1) is 0 Å². The highest BCUT2D eigenvalue weighted by atomic mass is 35.5. The second-order valence-electron chi connectivity index (χ2n) is 4.30. The summed E-state index contributed by atoms with van der Waals surface area (Å²) < 4.78 is 10.2. The summed E-state index contributed by atoms with van der Waals surface area (Å²) in [7, 11) is 0. The number of aromatic nitrogens is 2. The number of halogens is 1. The largest absolute Gasteiger partial charge is 0.452 e. The summed E-state index contributed by atoms with van der Waals surface area (Å²) in [5.41, 5.74) is 6.21. The first-order valence-electron chi connectivity index (χ1n) is 6.22. The van der Waals surface area contributed by atoms with E-state index in [1.165, 1.54) is 23.5 Å². The van der Waals surface area contributed by atoms with Crippen molar-refractivity contribution in [1.82, 2.24) is 10.1 Å². The first-order chi connectivity index (χ1) is 10.6. The topological polar surface area (TPSA) is 91.2 Å². The first kappa shape index (κ1) is 14.6. The monoisotopic (exact) mass is 335 g/mol. The molecule has 2 heterocycles. The van der Waals surface area contributed by atoms with Crippen LogP contribution in [-0.2, 0) is 11.3 Å². The van der Waals surface area contributed by atoms with E-state index < -0.39 is 5.97 Å². The fraction of sp³-hybridized carbons (Fsp3) is 0.0714. The molecule has 0 amide bonds. The minimum absolute atomic E-state index is 0.126. The van der Waals surface area contributed by atoms with Crippen molar-refractivity contribution >= 4 is 34.6 Å². The predicted molar refractivity (Wildman–Crippen MR) is 82.6 cm³/mol. The van der Waals surface area contributed by atoms with Crippen molar-refractivity contribution in [2.75, 3.05) is 5.73 Å². The lowest BCUT2D eigenvalue weighted by molar-refractivity contribution is 0.0431. The molecular weight excluding hydrogens is 326 g/mol. The molecule has 0 atom stereocenters. The fourth-order valence-electron chi connectivity index (χ4n) is 1.74. The molecule has 0 saturated carbocycles. The van der Waals surface area contributed by atoms with Gasteiger partial charge in [0.15, 0.2) is 6.61 Å². The fourth-order valence-corrected chi connectivity index (χ4v) is 2.57. The van der Waals surface area contributed by atoms with Crippen LogP contribution in [0.2, 0.25) is 5.02 Å². The summed E-state index contributed by atoms with van der Waals surface area (Å²) in [4.78, 5) is 17.0. The highest BCUT2D eigenvalue weighted by molar-refractivity contribution is 7.13. The van der Waals surface area contributed by atoms with Gasteiger partial charge in [0.25, 0.3) is 5.89 Å². The third-order valence-electron chi connectivity index (χ3n) is 2.77. The third-order valence-corrected chi connectivity index (χ3v) is 3.87. The van der Waals surface area contributed by atoms with Crippen LogP contribution in [0.4, 0.5) is 5.69 Å². The van der Waals surface area contributed by atoms with E-state index >= 15 is 0 Å². The van der Waals surface area contributed by atoms with Crippen molar-refractivity contribution in [3.8, 4) is 10.7 Å². The van der Waals surface area contributed by atoms with Crippen molar-refractivity contribution in [3.05, 3.63) is 52.2 Å². The van der Waals surface area contributed by atoms with Crippen LogP contribution in [0.5, 0.6) is 0 Å². The van der Waals surface area contributed by atoms with Gasteiger partial charge in [-0.05, 0) is 29.6 Å². The second kappa shape index (κ2) is 6.17. The number of nitrogens with two attached hydrogens (primary N) is 1. The van der Waals surface area contributed by atoms with E-state index in [0.717, 1.165) is 4.88 Å².